The van der Waals surface area contributed by atoms with Gasteiger partial charge in [-0.2, -0.15) is 0 Å². The van der Waals surface area contributed by atoms with Gasteiger partial charge in [0.05, 0.1) is 6.54 Å². The van der Waals surface area contributed by atoms with Crippen LogP contribution in [-0.4, -0.2) is 37.1 Å². The Balaban J connectivity index is 1.65. The maximum absolute atomic E-state index is 12.5. The topological polar surface area (TPSA) is 67.9 Å². The quantitative estimate of drug-likeness (QED) is 0.929. The molecule has 2 amide bonds. The normalized spacial score (nSPS) is 12.0. The van der Waals surface area contributed by atoms with Crippen LogP contribution < -0.4 is 14.8 Å². The summed E-state index contributed by atoms with van der Waals surface area (Å²) in [6.45, 7) is 4.05. The molecule has 1 aliphatic rings. The number of likely N-dealkylation sites (N-methyl/N-ethyl adjacent to an activating group) is 1. The maximum Gasteiger partial charge on any atom is 0.254 e. The molecule has 0 saturated heterocycles. The number of ether oxygens (including phenoxy) is 2. The van der Waals surface area contributed by atoms with Crippen molar-refractivity contribution in [2.45, 2.75) is 13.8 Å². The van der Waals surface area contributed by atoms with Crippen molar-refractivity contribution >= 4 is 17.5 Å². The highest BCUT2D eigenvalue weighted by atomic mass is 16.7. The van der Waals surface area contributed by atoms with E-state index in [1.165, 1.54) is 4.90 Å². The lowest BCUT2D eigenvalue weighted by atomic mass is 10.1. The number of benzene rings is 2. The summed E-state index contributed by atoms with van der Waals surface area (Å²) < 4.78 is 10.5. The van der Waals surface area contributed by atoms with Crippen molar-refractivity contribution in [1.82, 2.24) is 4.90 Å². The van der Waals surface area contributed by atoms with Crippen molar-refractivity contribution in [3.8, 4) is 11.5 Å². The van der Waals surface area contributed by atoms with E-state index in [-0.39, 0.29) is 25.2 Å². The summed E-state index contributed by atoms with van der Waals surface area (Å²) in [5.41, 5.74) is 3.32. The molecule has 0 spiro atoms. The van der Waals surface area contributed by atoms with Crippen molar-refractivity contribution in [2.75, 3.05) is 25.7 Å². The van der Waals surface area contributed by atoms with Gasteiger partial charge in [0.2, 0.25) is 12.7 Å². The van der Waals surface area contributed by atoms with E-state index >= 15 is 0 Å². The van der Waals surface area contributed by atoms with Crippen LogP contribution in [0.15, 0.2) is 36.4 Å². The van der Waals surface area contributed by atoms with Crippen molar-refractivity contribution in [3.05, 3.63) is 53.1 Å². The molecule has 1 aliphatic heterocycles. The number of carbonyl (C=O) groups excluding carboxylic acids is 2. The molecule has 0 atom stereocenters. The number of hydrogen-bond acceptors (Lipinski definition) is 4. The molecule has 0 unspecified atom stereocenters. The summed E-state index contributed by atoms with van der Waals surface area (Å²) in [7, 11) is 1.59. The predicted octanol–water partition coefficient (Wildman–Crippen LogP) is 2.74. The van der Waals surface area contributed by atoms with E-state index in [1.54, 1.807) is 25.2 Å². The van der Waals surface area contributed by atoms with E-state index in [9.17, 15) is 9.59 Å². The van der Waals surface area contributed by atoms with Crippen LogP contribution in [0.2, 0.25) is 0 Å². The minimum atomic E-state index is -0.255. The van der Waals surface area contributed by atoms with E-state index < -0.39 is 0 Å². The van der Waals surface area contributed by atoms with Gasteiger partial charge >= 0.3 is 0 Å². The van der Waals surface area contributed by atoms with Gasteiger partial charge in [-0.25, -0.2) is 0 Å². The molecule has 0 saturated carbocycles. The first kappa shape index (κ1) is 16.8. The van der Waals surface area contributed by atoms with Crippen LogP contribution in [0.5, 0.6) is 11.5 Å². The van der Waals surface area contributed by atoms with Crippen molar-refractivity contribution < 1.29 is 19.1 Å². The van der Waals surface area contributed by atoms with Gasteiger partial charge in [-0.3, -0.25) is 9.59 Å². The molecular weight excluding hydrogens is 320 g/mol. The Morgan fingerprint density at radius 3 is 2.68 bits per heavy atom. The first-order valence-electron chi connectivity index (χ1n) is 7.97. The fourth-order valence-corrected chi connectivity index (χ4v) is 2.61. The Morgan fingerprint density at radius 1 is 1.12 bits per heavy atom. The zero-order chi connectivity index (χ0) is 18.0. The van der Waals surface area contributed by atoms with Gasteiger partial charge in [-0.1, -0.05) is 12.1 Å². The molecule has 130 valence electrons. The maximum atomic E-state index is 12.5. The highest BCUT2D eigenvalue weighted by molar-refractivity contribution is 5.99. The second-order valence-corrected chi connectivity index (χ2v) is 6.02. The van der Waals surface area contributed by atoms with Crippen molar-refractivity contribution in [3.63, 3.8) is 0 Å². The highest BCUT2D eigenvalue weighted by Gasteiger charge is 2.20. The molecule has 6 heteroatoms. The number of nitrogens with zero attached hydrogens (tertiary/aromatic N) is 1. The zero-order valence-corrected chi connectivity index (χ0v) is 14.5. The molecule has 2 aromatic rings. The lowest BCUT2D eigenvalue weighted by molar-refractivity contribution is -0.116. The molecule has 3 rings (SSSR count). The Hall–Kier alpha value is -3.02. The van der Waals surface area contributed by atoms with Crippen LogP contribution in [0.4, 0.5) is 5.69 Å². The van der Waals surface area contributed by atoms with Crippen LogP contribution >= 0.6 is 0 Å². The summed E-state index contributed by atoms with van der Waals surface area (Å²) in [5, 5.41) is 2.85. The molecule has 0 fully saturated rings. The van der Waals surface area contributed by atoms with Gasteiger partial charge < -0.3 is 19.7 Å². The molecule has 0 bridgehead atoms. The monoisotopic (exact) mass is 340 g/mol. The van der Waals surface area contributed by atoms with Gasteiger partial charge in [0.1, 0.15) is 0 Å². The molecule has 0 aliphatic carbocycles. The van der Waals surface area contributed by atoms with Gasteiger partial charge in [0.15, 0.2) is 11.5 Å². The molecule has 25 heavy (non-hydrogen) atoms. The van der Waals surface area contributed by atoms with Crippen molar-refractivity contribution in [1.29, 1.82) is 0 Å². The number of nitrogens with one attached hydrogen (secondary N) is 1. The van der Waals surface area contributed by atoms with E-state index in [1.807, 2.05) is 32.0 Å². The smallest absolute Gasteiger partial charge is 0.254 e. The zero-order valence-electron chi connectivity index (χ0n) is 14.5. The van der Waals surface area contributed by atoms with E-state index in [4.69, 9.17) is 9.47 Å². The number of carbonyl (C=O) groups is 2. The summed E-state index contributed by atoms with van der Waals surface area (Å²) in [6, 6.07) is 10.7. The SMILES string of the molecule is Cc1cccc(NC(=O)CN(C)C(=O)c2ccc3c(c2)OCO3)c1C. The second-order valence-electron chi connectivity index (χ2n) is 6.02. The van der Waals surface area contributed by atoms with E-state index in [0.717, 1.165) is 16.8 Å². The first-order chi connectivity index (χ1) is 12.0. The number of aryl methyl sites for hydroxylation is 1. The Morgan fingerprint density at radius 2 is 1.88 bits per heavy atom. The number of hydrogen-bond donors (Lipinski definition) is 1. The average Bonchev–Trinajstić information content (AvgIpc) is 3.05. The lowest BCUT2D eigenvalue weighted by Crippen LogP contribution is -2.35. The van der Waals surface area contributed by atoms with Crippen LogP contribution in [-0.2, 0) is 4.79 Å². The largest absolute Gasteiger partial charge is 0.454 e. The van der Waals surface area contributed by atoms with Crippen LogP contribution in [0, 0.1) is 13.8 Å². The fraction of sp³-hybridized carbons (Fsp3) is 0.263. The van der Waals surface area contributed by atoms with Crippen LogP contribution in [0.1, 0.15) is 21.5 Å². The number of anilines is 1. The minimum absolute atomic E-state index is 0.0410. The van der Waals surface area contributed by atoms with Crippen LogP contribution in [0.25, 0.3) is 0 Å². The van der Waals surface area contributed by atoms with E-state index in [0.29, 0.717) is 17.1 Å². The first-order valence-corrected chi connectivity index (χ1v) is 7.97. The molecule has 2 aromatic carbocycles. The molecule has 1 N–H and O–H groups in total. The third-order valence-corrected chi connectivity index (χ3v) is 4.23. The Kier molecular flexibility index (Phi) is 4.61. The molecule has 1 heterocycles. The minimum Gasteiger partial charge on any atom is -0.454 e. The summed E-state index contributed by atoms with van der Waals surface area (Å²) >= 11 is 0. The van der Waals surface area contributed by atoms with Crippen LogP contribution in [0.3, 0.4) is 0 Å². The summed E-state index contributed by atoms with van der Waals surface area (Å²) in [4.78, 5) is 26.1. The van der Waals surface area contributed by atoms with Gasteiger partial charge in [0.25, 0.3) is 5.91 Å². The third-order valence-electron chi connectivity index (χ3n) is 4.23. The van der Waals surface area contributed by atoms with Gasteiger partial charge in [-0.05, 0) is 49.2 Å². The lowest BCUT2D eigenvalue weighted by Gasteiger charge is -2.18. The number of fused-ring (bicyclic) bond motifs is 1. The summed E-state index contributed by atoms with van der Waals surface area (Å²) in [5.74, 6) is 0.658. The Labute approximate surface area is 146 Å². The van der Waals surface area contributed by atoms with Gasteiger partial charge in [0, 0.05) is 18.3 Å². The second kappa shape index (κ2) is 6.84. The highest BCUT2D eigenvalue weighted by Crippen LogP contribution is 2.32. The fourth-order valence-electron chi connectivity index (χ4n) is 2.61. The molecule has 0 aromatic heterocycles. The molecule has 6 nitrogen and oxygen atoms in total. The van der Waals surface area contributed by atoms with Gasteiger partial charge in [-0.15, -0.1) is 0 Å². The van der Waals surface area contributed by atoms with E-state index in [2.05, 4.69) is 5.32 Å². The number of amides is 2. The molecule has 0 radical (unpaired) electrons. The third kappa shape index (κ3) is 3.57. The van der Waals surface area contributed by atoms with Crippen molar-refractivity contribution in [2.24, 2.45) is 0 Å². The number of rotatable bonds is 4. The Bertz CT molecular complexity index is 832. The average molecular weight is 340 g/mol. The standard InChI is InChI=1S/C19H20N2O4/c1-12-5-4-6-15(13(12)2)20-18(22)10-21(3)19(23)14-7-8-16-17(9-14)25-11-24-16/h4-9H,10-11H2,1-3H3,(H,20,22). The summed E-state index contributed by atoms with van der Waals surface area (Å²) in [6.07, 6.45) is 0. The predicted molar refractivity (Wildman–Crippen MR) is 94.1 cm³/mol. The molecular formula is C19H20N2O4.